The summed E-state index contributed by atoms with van der Waals surface area (Å²) in [7, 11) is 0. The van der Waals surface area contributed by atoms with Crippen molar-refractivity contribution >= 4 is 5.97 Å². The lowest BCUT2D eigenvalue weighted by atomic mass is 9.87. The molecule has 0 aliphatic carbocycles. The Morgan fingerprint density at radius 2 is 1.82 bits per heavy atom. The van der Waals surface area contributed by atoms with Gasteiger partial charge in [0.25, 0.3) is 0 Å². The van der Waals surface area contributed by atoms with Gasteiger partial charge < -0.3 is 0 Å². The van der Waals surface area contributed by atoms with Crippen LogP contribution >= 0.6 is 0 Å². The molecule has 2 heteroatoms. The summed E-state index contributed by atoms with van der Waals surface area (Å²) in [6.45, 7) is 6.21. The highest BCUT2D eigenvalue weighted by Crippen LogP contribution is 2.21. The minimum Gasteiger partial charge on any atom is -0.247 e. The molecule has 0 aliphatic rings. The van der Waals surface area contributed by atoms with Gasteiger partial charge in [0.2, 0.25) is 0 Å². The van der Waals surface area contributed by atoms with Gasteiger partial charge in [0.1, 0.15) is 0 Å². The third kappa shape index (κ3) is 4.02. The highest BCUT2D eigenvalue weighted by Gasteiger charge is 2.17. The monoisotopic (exact) mass is 157 g/mol. The van der Waals surface area contributed by atoms with E-state index >= 15 is 0 Å². The molecule has 0 amide bonds. The first kappa shape index (κ1) is 10.5. The highest BCUT2D eigenvalue weighted by atomic mass is 16.4. The SMILES string of the molecule is CCC(C)C(CC)CC([O])=O. The second kappa shape index (κ2) is 5.16. The molecule has 0 rings (SSSR count). The van der Waals surface area contributed by atoms with Crippen molar-refractivity contribution in [1.29, 1.82) is 0 Å². The predicted molar refractivity (Wildman–Crippen MR) is 43.5 cm³/mol. The van der Waals surface area contributed by atoms with E-state index in [-0.39, 0.29) is 6.42 Å². The van der Waals surface area contributed by atoms with Crippen LogP contribution in [0.25, 0.3) is 0 Å². The van der Waals surface area contributed by atoms with Crippen LogP contribution in [-0.4, -0.2) is 5.97 Å². The van der Waals surface area contributed by atoms with Crippen LogP contribution < -0.4 is 0 Å². The van der Waals surface area contributed by atoms with Crippen molar-refractivity contribution in [2.24, 2.45) is 11.8 Å². The molecule has 0 heterocycles. The van der Waals surface area contributed by atoms with Gasteiger partial charge in [0.15, 0.2) is 0 Å². The summed E-state index contributed by atoms with van der Waals surface area (Å²) in [4.78, 5) is 10.3. The van der Waals surface area contributed by atoms with Crippen LogP contribution in [0.1, 0.15) is 40.0 Å². The molecule has 0 fully saturated rings. The first-order valence-electron chi connectivity index (χ1n) is 4.31. The van der Waals surface area contributed by atoms with Crippen molar-refractivity contribution in [3.05, 3.63) is 0 Å². The Hall–Kier alpha value is -0.530. The van der Waals surface area contributed by atoms with E-state index in [1.54, 1.807) is 0 Å². The fraction of sp³-hybridized carbons (Fsp3) is 0.889. The molecule has 0 aromatic rings. The van der Waals surface area contributed by atoms with E-state index in [4.69, 9.17) is 0 Å². The largest absolute Gasteiger partial charge is 0.355 e. The average molecular weight is 157 g/mol. The van der Waals surface area contributed by atoms with Crippen LogP contribution in [0.3, 0.4) is 0 Å². The number of rotatable bonds is 5. The molecule has 2 unspecified atom stereocenters. The van der Waals surface area contributed by atoms with Crippen molar-refractivity contribution in [3.8, 4) is 0 Å². The Labute approximate surface area is 68.6 Å². The maximum absolute atomic E-state index is 10.3. The van der Waals surface area contributed by atoms with E-state index < -0.39 is 5.97 Å². The zero-order valence-electron chi connectivity index (χ0n) is 7.59. The Morgan fingerprint density at radius 1 is 1.27 bits per heavy atom. The number of hydrogen-bond acceptors (Lipinski definition) is 1. The predicted octanol–water partition coefficient (Wildman–Crippen LogP) is 2.41. The van der Waals surface area contributed by atoms with Crippen LogP contribution in [0.5, 0.6) is 0 Å². The zero-order valence-corrected chi connectivity index (χ0v) is 7.59. The highest BCUT2D eigenvalue weighted by molar-refractivity contribution is 5.66. The summed E-state index contributed by atoms with van der Waals surface area (Å²) >= 11 is 0. The van der Waals surface area contributed by atoms with Gasteiger partial charge >= 0.3 is 5.97 Å². The molecule has 1 radical (unpaired) electrons. The Balaban J connectivity index is 3.84. The molecule has 0 N–H and O–H groups in total. The van der Waals surface area contributed by atoms with Gasteiger partial charge in [-0.3, -0.25) is 0 Å². The summed E-state index contributed by atoms with van der Waals surface area (Å²) in [5.74, 6) is -0.125. The summed E-state index contributed by atoms with van der Waals surface area (Å²) in [5.41, 5.74) is 0. The number of carbonyl (C=O) groups is 1. The number of carbonyl (C=O) groups excluding carboxylic acids is 1. The first-order valence-corrected chi connectivity index (χ1v) is 4.31. The molecule has 0 bridgehead atoms. The molecular weight excluding hydrogens is 140 g/mol. The lowest BCUT2D eigenvalue weighted by Gasteiger charge is -2.18. The second-order valence-corrected chi connectivity index (χ2v) is 3.13. The maximum Gasteiger partial charge on any atom is 0.355 e. The summed E-state index contributed by atoms with van der Waals surface area (Å²) in [6, 6.07) is 0. The molecule has 2 nitrogen and oxygen atoms in total. The summed E-state index contributed by atoms with van der Waals surface area (Å²) < 4.78 is 0. The molecular formula is C9H17O2. The Bertz CT molecular complexity index is 121. The maximum atomic E-state index is 10.3. The standard InChI is InChI=1S/C9H17O2/c1-4-7(3)8(5-2)6-9(10)11/h7-8H,4-6H2,1-3H3. The molecule has 0 spiro atoms. The average Bonchev–Trinajstić information content (AvgIpc) is 1.98. The Morgan fingerprint density at radius 3 is 2.09 bits per heavy atom. The van der Waals surface area contributed by atoms with Gasteiger partial charge in [-0.05, 0) is 11.8 Å². The van der Waals surface area contributed by atoms with E-state index in [9.17, 15) is 9.90 Å². The summed E-state index contributed by atoms with van der Waals surface area (Å²) in [5, 5.41) is 10.3. The fourth-order valence-electron chi connectivity index (χ4n) is 1.30. The van der Waals surface area contributed by atoms with E-state index in [0.717, 1.165) is 12.8 Å². The van der Waals surface area contributed by atoms with Crippen LogP contribution in [0.15, 0.2) is 0 Å². The number of hydrogen-bond donors (Lipinski definition) is 0. The lowest BCUT2D eigenvalue weighted by Crippen LogP contribution is -2.13. The van der Waals surface area contributed by atoms with Gasteiger partial charge in [-0.2, -0.15) is 0 Å². The van der Waals surface area contributed by atoms with Crippen molar-refractivity contribution < 1.29 is 9.90 Å². The van der Waals surface area contributed by atoms with Crippen LogP contribution in [0.2, 0.25) is 0 Å². The van der Waals surface area contributed by atoms with E-state index in [2.05, 4.69) is 13.8 Å². The zero-order chi connectivity index (χ0) is 8.85. The molecule has 65 valence electrons. The van der Waals surface area contributed by atoms with Gasteiger partial charge in [-0.1, -0.05) is 33.6 Å². The van der Waals surface area contributed by atoms with E-state index in [0.29, 0.717) is 11.8 Å². The normalized spacial score (nSPS) is 15.9. The van der Waals surface area contributed by atoms with E-state index in [1.165, 1.54) is 0 Å². The molecule has 0 aromatic heterocycles. The smallest absolute Gasteiger partial charge is 0.247 e. The topological polar surface area (TPSA) is 37.0 Å². The minimum absolute atomic E-state index is 0.214. The molecule has 0 saturated heterocycles. The van der Waals surface area contributed by atoms with Gasteiger partial charge in [0.05, 0.1) is 6.42 Å². The van der Waals surface area contributed by atoms with Crippen molar-refractivity contribution in [3.63, 3.8) is 0 Å². The first-order chi connectivity index (χ1) is 5.11. The van der Waals surface area contributed by atoms with Gasteiger partial charge in [-0.15, -0.1) is 0 Å². The summed E-state index contributed by atoms with van der Waals surface area (Å²) in [6.07, 6.45) is 2.19. The van der Waals surface area contributed by atoms with Gasteiger partial charge in [0, 0.05) is 0 Å². The van der Waals surface area contributed by atoms with Gasteiger partial charge in [-0.25, -0.2) is 9.90 Å². The van der Waals surface area contributed by atoms with Crippen LogP contribution in [-0.2, 0) is 9.90 Å². The quantitative estimate of drug-likeness (QED) is 0.603. The molecule has 0 aromatic carbocycles. The van der Waals surface area contributed by atoms with Crippen molar-refractivity contribution in [2.45, 2.75) is 40.0 Å². The minimum atomic E-state index is -0.919. The lowest BCUT2D eigenvalue weighted by molar-refractivity contribution is -0.144. The molecule has 0 saturated carbocycles. The molecule has 2 atom stereocenters. The Kier molecular flexibility index (Phi) is 4.92. The molecule has 11 heavy (non-hydrogen) atoms. The fourth-order valence-corrected chi connectivity index (χ4v) is 1.30. The van der Waals surface area contributed by atoms with E-state index in [1.807, 2.05) is 6.92 Å². The third-order valence-electron chi connectivity index (χ3n) is 2.40. The van der Waals surface area contributed by atoms with Crippen LogP contribution in [0.4, 0.5) is 0 Å². The molecule has 0 aliphatic heterocycles. The van der Waals surface area contributed by atoms with Crippen LogP contribution in [0, 0.1) is 11.8 Å². The second-order valence-electron chi connectivity index (χ2n) is 3.13. The third-order valence-corrected chi connectivity index (χ3v) is 2.40. The van der Waals surface area contributed by atoms with Crippen molar-refractivity contribution in [2.75, 3.05) is 0 Å². The van der Waals surface area contributed by atoms with Crippen molar-refractivity contribution in [1.82, 2.24) is 0 Å².